The summed E-state index contributed by atoms with van der Waals surface area (Å²) in [6, 6.07) is 5.88. The summed E-state index contributed by atoms with van der Waals surface area (Å²) in [5.41, 5.74) is 0.398. The lowest BCUT2D eigenvalue weighted by molar-refractivity contribution is 0.440. The molecular formula is C18H14F4N2. The lowest BCUT2D eigenvalue weighted by atomic mass is 10.0. The summed E-state index contributed by atoms with van der Waals surface area (Å²) in [7, 11) is 0. The third-order valence-electron chi connectivity index (χ3n) is 3.31. The minimum atomic E-state index is -1.27. The van der Waals surface area contributed by atoms with Crippen molar-refractivity contribution in [2.75, 3.05) is 0 Å². The molecule has 0 amide bonds. The van der Waals surface area contributed by atoms with Crippen molar-refractivity contribution in [2.24, 2.45) is 4.99 Å². The molecule has 0 saturated heterocycles. The number of nitrogens with one attached hydrogen (secondary N) is 1. The largest absolute Gasteiger partial charge is 0.308 e. The van der Waals surface area contributed by atoms with Gasteiger partial charge >= 0.3 is 0 Å². The molecule has 0 radical (unpaired) electrons. The smallest absolute Gasteiger partial charge is 0.132 e. The molecule has 0 fully saturated rings. The minimum absolute atomic E-state index is 0.00146. The van der Waals surface area contributed by atoms with E-state index >= 15 is 0 Å². The van der Waals surface area contributed by atoms with Crippen LogP contribution < -0.4 is 0 Å². The van der Waals surface area contributed by atoms with Crippen molar-refractivity contribution in [1.82, 2.24) is 0 Å². The van der Waals surface area contributed by atoms with E-state index in [-0.39, 0.29) is 11.1 Å². The molecule has 2 rings (SSSR count). The van der Waals surface area contributed by atoms with Crippen molar-refractivity contribution < 1.29 is 17.6 Å². The summed E-state index contributed by atoms with van der Waals surface area (Å²) in [5.74, 6) is -2.78. The van der Waals surface area contributed by atoms with Crippen LogP contribution in [0.1, 0.15) is 18.1 Å². The Morgan fingerprint density at radius 1 is 1.08 bits per heavy atom. The second-order valence-electron chi connectivity index (χ2n) is 5.09. The molecule has 1 N–H and O–H groups in total. The third-order valence-corrected chi connectivity index (χ3v) is 3.31. The summed E-state index contributed by atoms with van der Waals surface area (Å²) in [4.78, 5) is 3.94. The Morgan fingerprint density at radius 3 is 2.29 bits per heavy atom. The van der Waals surface area contributed by atoms with Gasteiger partial charge in [0, 0.05) is 24.2 Å². The third kappa shape index (κ3) is 3.95. The van der Waals surface area contributed by atoms with Crippen molar-refractivity contribution in [3.63, 3.8) is 0 Å². The molecule has 2 aromatic rings. The van der Waals surface area contributed by atoms with Gasteiger partial charge < -0.3 is 5.41 Å². The number of alkyl halides is 1. The number of hydrogen-bond donors (Lipinski definition) is 1. The summed E-state index contributed by atoms with van der Waals surface area (Å²) < 4.78 is 54.0. The molecular weight excluding hydrogens is 320 g/mol. The zero-order chi connectivity index (χ0) is 17.7. The van der Waals surface area contributed by atoms with Gasteiger partial charge in [0.1, 0.15) is 24.1 Å². The van der Waals surface area contributed by atoms with Gasteiger partial charge in [-0.05, 0) is 41.8 Å². The van der Waals surface area contributed by atoms with Crippen LogP contribution in [0.2, 0.25) is 0 Å². The van der Waals surface area contributed by atoms with E-state index in [0.29, 0.717) is 11.1 Å². The average molecular weight is 334 g/mol. The molecule has 6 heteroatoms. The first-order chi connectivity index (χ1) is 11.5. The van der Waals surface area contributed by atoms with Crippen LogP contribution in [0.3, 0.4) is 0 Å². The lowest BCUT2D eigenvalue weighted by Crippen LogP contribution is -1.96. The molecule has 24 heavy (non-hydrogen) atoms. The Balaban J connectivity index is 2.35. The van der Waals surface area contributed by atoms with Gasteiger partial charge in [-0.1, -0.05) is 12.1 Å². The Kier molecular flexibility index (Phi) is 5.63. The van der Waals surface area contributed by atoms with Crippen LogP contribution in [0.4, 0.5) is 17.6 Å². The highest BCUT2D eigenvalue weighted by molar-refractivity contribution is 5.82. The van der Waals surface area contributed by atoms with E-state index in [2.05, 4.69) is 4.99 Å². The molecule has 0 spiro atoms. The monoisotopic (exact) mass is 334 g/mol. The molecule has 0 aliphatic heterocycles. The van der Waals surface area contributed by atoms with Crippen molar-refractivity contribution in [2.45, 2.75) is 13.6 Å². The zero-order valence-corrected chi connectivity index (χ0v) is 12.8. The van der Waals surface area contributed by atoms with E-state index in [4.69, 9.17) is 5.41 Å². The molecule has 2 nitrogen and oxygen atoms in total. The van der Waals surface area contributed by atoms with E-state index in [0.717, 1.165) is 18.3 Å². The SMILES string of the molecule is C/C(C=N)=C/N=C/c1ccc(-c2cc(F)c(CF)c(F)c2)c(F)c1. The normalized spacial score (nSPS) is 12.0. The molecule has 0 unspecified atom stereocenters. The maximum atomic E-state index is 14.2. The fraction of sp³-hybridized carbons (Fsp3) is 0.111. The molecule has 124 valence electrons. The van der Waals surface area contributed by atoms with E-state index < -0.39 is 29.7 Å². The molecule has 0 aliphatic rings. The average Bonchev–Trinajstić information content (AvgIpc) is 2.54. The van der Waals surface area contributed by atoms with Crippen molar-refractivity contribution in [1.29, 1.82) is 5.41 Å². The number of aliphatic imine (C=N–C) groups is 1. The number of rotatable bonds is 5. The summed E-state index contributed by atoms with van der Waals surface area (Å²) in [5, 5.41) is 7.00. The summed E-state index contributed by atoms with van der Waals surface area (Å²) in [6.45, 7) is 0.427. The van der Waals surface area contributed by atoms with Crippen molar-refractivity contribution in [3.8, 4) is 11.1 Å². The Morgan fingerprint density at radius 2 is 1.75 bits per heavy atom. The first-order valence-electron chi connectivity index (χ1n) is 7.00. The van der Waals surface area contributed by atoms with Crippen LogP contribution in [-0.2, 0) is 6.67 Å². The van der Waals surface area contributed by atoms with Gasteiger partial charge in [-0.15, -0.1) is 0 Å². The highest BCUT2D eigenvalue weighted by Gasteiger charge is 2.14. The Bertz CT molecular complexity index is 803. The van der Waals surface area contributed by atoms with Crippen LogP contribution in [-0.4, -0.2) is 12.4 Å². The van der Waals surface area contributed by atoms with Crippen LogP contribution >= 0.6 is 0 Å². The van der Waals surface area contributed by atoms with Crippen LogP contribution in [0.5, 0.6) is 0 Å². The van der Waals surface area contributed by atoms with Gasteiger partial charge in [-0.25, -0.2) is 17.6 Å². The number of halogens is 4. The van der Waals surface area contributed by atoms with E-state index in [9.17, 15) is 17.6 Å². The molecule has 0 aliphatic carbocycles. The molecule has 0 saturated carbocycles. The predicted octanol–water partition coefficient (Wildman–Crippen LogP) is 5.21. The quantitative estimate of drug-likeness (QED) is 0.575. The topological polar surface area (TPSA) is 36.2 Å². The first-order valence-corrected chi connectivity index (χ1v) is 7.00. The minimum Gasteiger partial charge on any atom is -0.308 e. The highest BCUT2D eigenvalue weighted by Crippen LogP contribution is 2.27. The first kappa shape index (κ1) is 17.6. The second kappa shape index (κ2) is 7.68. The molecule has 2 aromatic carbocycles. The van der Waals surface area contributed by atoms with Crippen LogP contribution in [0.25, 0.3) is 11.1 Å². The number of benzene rings is 2. The Labute approximate surface area is 136 Å². The van der Waals surface area contributed by atoms with E-state index in [1.165, 1.54) is 30.6 Å². The maximum absolute atomic E-state index is 14.2. The fourth-order valence-corrected chi connectivity index (χ4v) is 2.01. The molecule has 0 heterocycles. The van der Waals surface area contributed by atoms with Crippen molar-refractivity contribution >= 4 is 12.4 Å². The number of allylic oxidation sites excluding steroid dienone is 1. The lowest BCUT2D eigenvalue weighted by Gasteiger charge is -2.07. The van der Waals surface area contributed by atoms with Crippen LogP contribution in [0.15, 0.2) is 47.1 Å². The van der Waals surface area contributed by atoms with Gasteiger partial charge in [-0.2, -0.15) is 0 Å². The van der Waals surface area contributed by atoms with E-state index in [1.807, 2.05) is 0 Å². The van der Waals surface area contributed by atoms with Gasteiger partial charge in [0.15, 0.2) is 0 Å². The number of nitrogens with zero attached hydrogens (tertiary/aromatic N) is 1. The van der Waals surface area contributed by atoms with Gasteiger partial charge in [-0.3, -0.25) is 4.99 Å². The fourth-order valence-electron chi connectivity index (χ4n) is 2.01. The van der Waals surface area contributed by atoms with E-state index in [1.54, 1.807) is 6.92 Å². The zero-order valence-electron chi connectivity index (χ0n) is 12.8. The molecule has 0 bridgehead atoms. The van der Waals surface area contributed by atoms with Gasteiger partial charge in [0.05, 0.1) is 5.56 Å². The molecule has 0 atom stereocenters. The molecule has 0 aromatic heterocycles. The standard InChI is InChI=1S/C18H14F4N2/c1-11(8-23)9-24-10-12-2-3-14(16(20)4-12)13-5-17(21)15(7-19)18(22)6-13/h2-6,8-10,23H,7H2,1H3/b11-9-,23-8?,24-10+. The second-order valence-corrected chi connectivity index (χ2v) is 5.09. The number of hydrogen-bond acceptors (Lipinski definition) is 2. The predicted molar refractivity (Wildman–Crippen MR) is 86.7 cm³/mol. The maximum Gasteiger partial charge on any atom is 0.132 e. The van der Waals surface area contributed by atoms with Gasteiger partial charge in [0.2, 0.25) is 0 Å². The Hall–Kier alpha value is -2.76. The van der Waals surface area contributed by atoms with Crippen LogP contribution in [0, 0.1) is 22.9 Å². The summed E-state index contributed by atoms with van der Waals surface area (Å²) in [6.07, 6.45) is 3.97. The van der Waals surface area contributed by atoms with Crippen molar-refractivity contribution in [3.05, 3.63) is 70.7 Å². The highest BCUT2D eigenvalue weighted by atomic mass is 19.1. The van der Waals surface area contributed by atoms with Gasteiger partial charge in [0.25, 0.3) is 0 Å². The summed E-state index contributed by atoms with van der Waals surface area (Å²) >= 11 is 0.